The maximum absolute atomic E-state index is 5.69. The molecule has 3 heteroatoms. The summed E-state index contributed by atoms with van der Waals surface area (Å²) in [4.78, 5) is 0. The lowest BCUT2D eigenvalue weighted by Crippen LogP contribution is -2.10. The van der Waals surface area contributed by atoms with Crippen LogP contribution in [0.4, 0.5) is 11.4 Å². The van der Waals surface area contributed by atoms with E-state index < -0.39 is 0 Å². The first-order chi connectivity index (χ1) is 8.86. The van der Waals surface area contributed by atoms with Crippen LogP contribution in [0.5, 0.6) is 0 Å². The van der Waals surface area contributed by atoms with Gasteiger partial charge in [0.05, 0.1) is 11.4 Å². The van der Waals surface area contributed by atoms with E-state index in [9.17, 15) is 0 Å². The van der Waals surface area contributed by atoms with Crippen LogP contribution < -0.4 is 16.6 Å². The molecule has 0 fully saturated rings. The molecule has 0 bridgehead atoms. The minimum atomic E-state index is 0.937. The fourth-order valence-corrected chi connectivity index (χ4v) is 2.55. The predicted molar refractivity (Wildman–Crippen MR) is 78.8 cm³/mol. The van der Waals surface area contributed by atoms with E-state index in [-0.39, 0.29) is 0 Å². The molecule has 0 atom stereocenters. The van der Waals surface area contributed by atoms with Gasteiger partial charge in [-0.25, -0.2) is 0 Å². The Bertz CT molecular complexity index is 657. The normalized spacial score (nSPS) is 10.8. The smallest absolute Gasteiger partial charge is 0.0804 e. The quantitative estimate of drug-likeness (QED) is 0.277. The Labute approximate surface area is 106 Å². The molecule has 0 spiro atoms. The van der Waals surface area contributed by atoms with Crippen LogP contribution in [-0.2, 0) is 0 Å². The zero-order chi connectivity index (χ0) is 12.5. The minimum Gasteiger partial charge on any atom is -0.386 e. The molecule has 90 valence electrons. The highest BCUT2D eigenvalue weighted by molar-refractivity contribution is 6.19. The largest absolute Gasteiger partial charge is 0.386 e. The molecule has 0 heterocycles. The van der Waals surface area contributed by atoms with Crippen LogP contribution in [0.15, 0.2) is 48.5 Å². The SMILES string of the molecule is CNc1c(NN)c2ccccc2c2ccccc12. The Balaban J connectivity index is 2.61. The molecular formula is C15H15N3. The Morgan fingerprint density at radius 3 is 1.61 bits per heavy atom. The van der Waals surface area contributed by atoms with Crippen molar-refractivity contribution in [3.05, 3.63) is 48.5 Å². The van der Waals surface area contributed by atoms with E-state index in [0.717, 1.165) is 16.8 Å². The van der Waals surface area contributed by atoms with Crippen LogP contribution in [-0.4, -0.2) is 7.05 Å². The van der Waals surface area contributed by atoms with Crippen molar-refractivity contribution in [1.82, 2.24) is 0 Å². The van der Waals surface area contributed by atoms with Crippen molar-refractivity contribution in [2.75, 3.05) is 17.8 Å². The monoisotopic (exact) mass is 237 g/mol. The third kappa shape index (κ3) is 1.41. The summed E-state index contributed by atoms with van der Waals surface area (Å²) in [5, 5.41) is 7.98. The van der Waals surface area contributed by atoms with Crippen molar-refractivity contribution >= 4 is 32.9 Å². The van der Waals surface area contributed by atoms with Gasteiger partial charge in [-0.15, -0.1) is 0 Å². The van der Waals surface area contributed by atoms with Gasteiger partial charge >= 0.3 is 0 Å². The van der Waals surface area contributed by atoms with Crippen molar-refractivity contribution in [2.24, 2.45) is 5.84 Å². The second-order valence-corrected chi connectivity index (χ2v) is 4.24. The van der Waals surface area contributed by atoms with E-state index >= 15 is 0 Å². The summed E-state index contributed by atoms with van der Waals surface area (Å²) in [5.41, 5.74) is 4.79. The molecule has 18 heavy (non-hydrogen) atoms. The van der Waals surface area contributed by atoms with E-state index in [4.69, 9.17) is 5.84 Å². The molecule has 3 rings (SSSR count). The Kier molecular flexibility index (Phi) is 2.54. The van der Waals surface area contributed by atoms with Crippen molar-refractivity contribution in [2.45, 2.75) is 0 Å². The second-order valence-electron chi connectivity index (χ2n) is 4.24. The van der Waals surface area contributed by atoms with Crippen molar-refractivity contribution in [1.29, 1.82) is 0 Å². The molecule has 0 radical (unpaired) electrons. The third-order valence-corrected chi connectivity index (χ3v) is 3.33. The number of nitrogens with one attached hydrogen (secondary N) is 2. The average Bonchev–Trinajstić information content (AvgIpc) is 2.45. The van der Waals surface area contributed by atoms with E-state index in [1.54, 1.807) is 0 Å². The summed E-state index contributed by atoms with van der Waals surface area (Å²) in [5.74, 6) is 5.69. The molecule has 0 saturated carbocycles. The number of hydrazine groups is 1. The lowest BCUT2D eigenvalue weighted by atomic mass is 9.98. The Morgan fingerprint density at radius 2 is 1.17 bits per heavy atom. The second kappa shape index (κ2) is 4.20. The number of hydrogen-bond donors (Lipinski definition) is 3. The summed E-state index contributed by atoms with van der Waals surface area (Å²) < 4.78 is 0. The molecule has 3 aromatic carbocycles. The van der Waals surface area contributed by atoms with E-state index in [0.29, 0.717) is 0 Å². The molecule has 3 aromatic rings. The number of nitrogen functional groups attached to an aromatic ring is 1. The zero-order valence-electron chi connectivity index (χ0n) is 10.2. The fourth-order valence-electron chi connectivity index (χ4n) is 2.55. The highest BCUT2D eigenvalue weighted by Gasteiger charge is 2.11. The first kappa shape index (κ1) is 10.9. The van der Waals surface area contributed by atoms with Crippen LogP contribution >= 0.6 is 0 Å². The highest BCUT2D eigenvalue weighted by atomic mass is 15.2. The number of fused-ring (bicyclic) bond motifs is 3. The molecule has 3 nitrogen and oxygen atoms in total. The predicted octanol–water partition coefficient (Wildman–Crippen LogP) is 3.32. The minimum absolute atomic E-state index is 0.937. The Hall–Kier alpha value is -2.26. The van der Waals surface area contributed by atoms with Crippen molar-refractivity contribution in [3.8, 4) is 0 Å². The van der Waals surface area contributed by atoms with Crippen molar-refractivity contribution < 1.29 is 0 Å². The lowest BCUT2D eigenvalue weighted by molar-refractivity contribution is 1.36. The number of hydrogen-bond acceptors (Lipinski definition) is 3. The number of rotatable bonds is 2. The number of benzene rings is 3. The molecule has 0 amide bonds. The summed E-state index contributed by atoms with van der Waals surface area (Å²) in [6.45, 7) is 0. The summed E-state index contributed by atoms with van der Waals surface area (Å²) in [7, 11) is 1.91. The van der Waals surface area contributed by atoms with Gasteiger partial charge in [0.25, 0.3) is 0 Å². The average molecular weight is 237 g/mol. The fraction of sp³-hybridized carbons (Fsp3) is 0.0667. The first-order valence-electron chi connectivity index (χ1n) is 5.94. The summed E-state index contributed by atoms with van der Waals surface area (Å²) in [6.07, 6.45) is 0. The summed E-state index contributed by atoms with van der Waals surface area (Å²) >= 11 is 0. The number of nitrogens with two attached hydrogens (primary N) is 1. The van der Waals surface area contributed by atoms with Gasteiger partial charge in [0.1, 0.15) is 0 Å². The van der Waals surface area contributed by atoms with Crippen LogP contribution in [0.25, 0.3) is 21.5 Å². The van der Waals surface area contributed by atoms with E-state index in [2.05, 4.69) is 41.1 Å². The van der Waals surface area contributed by atoms with E-state index in [1.807, 2.05) is 25.2 Å². The third-order valence-electron chi connectivity index (χ3n) is 3.33. The number of anilines is 2. The highest BCUT2D eigenvalue weighted by Crippen LogP contribution is 2.39. The van der Waals surface area contributed by atoms with Gasteiger partial charge in [0.15, 0.2) is 0 Å². The van der Waals surface area contributed by atoms with Gasteiger partial charge in [0, 0.05) is 17.8 Å². The van der Waals surface area contributed by atoms with Gasteiger partial charge in [-0.2, -0.15) is 0 Å². The zero-order valence-corrected chi connectivity index (χ0v) is 10.2. The van der Waals surface area contributed by atoms with Crippen LogP contribution in [0.2, 0.25) is 0 Å². The molecule has 0 aliphatic heterocycles. The topological polar surface area (TPSA) is 50.1 Å². The van der Waals surface area contributed by atoms with E-state index in [1.165, 1.54) is 16.2 Å². The maximum atomic E-state index is 5.69. The van der Waals surface area contributed by atoms with Gasteiger partial charge in [0.2, 0.25) is 0 Å². The van der Waals surface area contributed by atoms with Gasteiger partial charge < -0.3 is 10.7 Å². The molecule has 0 aliphatic carbocycles. The summed E-state index contributed by atoms with van der Waals surface area (Å²) in [6, 6.07) is 16.6. The molecule has 0 aromatic heterocycles. The van der Waals surface area contributed by atoms with Gasteiger partial charge in [-0.1, -0.05) is 48.5 Å². The molecule has 0 saturated heterocycles. The Morgan fingerprint density at radius 1 is 0.722 bits per heavy atom. The maximum Gasteiger partial charge on any atom is 0.0804 e. The van der Waals surface area contributed by atoms with Gasteiger partial charge in [-0.05, 0) is 10.8 Å². The molecular weight excluding hydrogens is 222 g/mol. The van der Waals surface area contributed by atoms with Crippen molar-refractivity contribution in [3.63, 3.8) is 0 Å². The van der Waals surface area contributed by atoms with Crippen LogP contribution in [0.3, 0.4) is 0 Å². The lowest BCUT2D eigenvalue weighted by Gasteiger charge is -2.16. The van der Waals surface area contributed by atoms with Crippen LogP contribution in [0, 0.1) is 0 Å². The molecule has 0 unspecified atom stereocenters. The standard InChI is InChI=1S/C15H15N3/c1-17-14-12-8-4-2-6-10(12)11-7-3-5-9-13(11)15(14)18-16/h2-9,17-18H,16H2,1H3. The molecule has 0 aliphatic rings. The van der Waals surface area contributed by atoms with Gasteiger partial charge in [-0.3, -0.25) is 5.84 Å². The van der Waals surface area contributed by atoms with Crippen LogP contribution in [0.1, 0.15) is 0 Å². The first-order valence-corrected chi connectivity index (χ1v) is 5.94. The molecule has 4 N–H and O–H groups in total.